The highest BCUT2D eigenvalue weighted by Crippen LogP contribution is 2.31. The summed E-state index contributed by atoms with van der Waals surface area (Å²) in [5.41, 5.74) is 1.09. The van der Waals surface area contributed by atoms with Crippen molar-refractivity contribution in [1.29, 1.82) is 0 Å². The Kier molecular flexibility index (Phi) is 4.22. The molecule has 0 spiro atoms. The summed E-state index contributed by atoms with van der Waals surface area (Å²) >= 11 is 7.29. The lowest BCUT2D eigenvalue weighted by atomic mass is 10.2. The molecule has 0 saturated heterocycles. The van der Waals surface area contributed by atoms with E-state index in [-0.39, 0.29) is 11.0 Å². The van der Waals surface area contributed by atoms with Gasteiger partial charge in [0, 0.05) is 23.5 Å². The van der Waals surface area contributed by atoms with Crippen molar-refractivity contribution in [1.82, 2.24) is 15.2 Å². The number of nitrogens with zero attached hydrogens (tertiary/aromatic N) is 2. The second kappa shape index (κ2) is 6.31. The lowest BCUT2D eigenvalue weighted by Gasteiger charge is -2.01. The number of hydrogen-bond donors (Lipinski definition) is 2. The highest BCUT2D eigenvalue weighted by molar-refractivity contribution is 7.18. The SMILES string of the molecule is Cc1cc(=O)c(C(=O)Nc2nnc(-c3ccccc3Cl)s2)c[nH]1. The average molecular weight is 347 g/mol. The molecular weight excluding hydrogens is 336 g/mol. The quantitative estimate of drug-likeness (QED) is 0.762. The number of nitrogens with one attached hydrogen (secondary N) is 2. The summed E-state index contributed by atoms with van der Waals surface area (Å²) in [6.07, 6.45) is 1.38. The first kappa shape index (κ1) is 15.4. The van der Waals surface area contributed by atoms with E-state index in [1.807, 2.05) is 18.2 Å². The minimum absolute atomic E-state index is 0.0186. The smallest absolute Gasteiger partial charge is 0.262 e. The molecule has 0 radical (unpaired) electrons. The van der Waals surface area contributed by atoms with Crippen molar-refractivity contribution >= 4 is 34.0 Å². The maximum absolute atomic E-state index is 12.1. The van der Waals surface area contributed by atoms with Crippen molar-refractivity contribution in [2.45, 2.75) is 6.92 Å². The molecule has 1 aromatic carbocycles. The van der Waals surface area contributed by atoms with Gasteiger partial charge in [-0.1, -0.05) is 41.1 Å². The van der Waals surface area contributed by atoms with E-state index in [4.69, 9.17) is 11.6 Å². The number of hydrogen-bond acceptors (Lipinski definition) is 5. The summed E-state index contributed by atoms with van der Waals surface area (Å²) in [6, 6.07) is 8.59. The number of H-pyrrole nitrogens is 1. The van der Waals surface area contributed by atoms with Crippen LogP contribution in [0.1, 0.15) is 16.1 Å². The Labute approximate surface area is 140 Å². The van der Waals surface area contributed by atoms with E-state index in [2.05, 4.69) is 20.5 Å². The van der Waals surface area contributed by atoms with E-state index in [1.54, 1.807) is 13.0 Å². The van der Waals surface area contributed by atoms with Crippen LogP contribution >= 0.6 is 22.9 Å². The van der Waals surface area contributed by atoms with Crippen LogP contribution in [0.2, 0.25) is 5.02 Å². The number of rotatable bonds is 3. The van der Waals surface area contributed by atoms with Gasteiger partial charge in [-0.15, -0.1) is 10.2 Å². The maximum Gasteiger partial charge on any atom is 0.262 e. The van der Waals surface area contributed by atoms with Crippen molar-refractivity contribution < 1.29 is 4.79 Å². The Balaban J connectivity index is 1.83. The highest BCUT2D eigenvalue weighted by atomic mass is 35.5. The molecule has 3 aromatic rings. The van der Waals surface area contributed by atoms with Crippen LogP contribution in [0.15, 0.2) is 41.3 Å². The van der Waals surface area contributed by atoms with Gasteiger partial charge in [-0.3, -0.25) is 14.9 Å². The fraction of sp³-hybridized carbons (Fsp3) is 0.0667. The van der Waals surface area contributed by atoms with Gasteiger partial charge in [0.15, 0.2) is 10.4 Å². The zero-order valence-electron chi connectivity index (χ0n) is 12.0. The maximum atomic E-state index is 12.1. The summed E-state index contributed by atoms with van der Waals surface area (Å²) in [4.78, 5) is 26.8. The largest absolute Gasteiger partial charge is 0.364 e. The van der Waals surface area contributed by atoms with E-state index in [1.165, 1.54) is 23.6 Å². The molecule has 0 bridgehead atoms. The van der Waals surface area contributed by atoms with Crippen molar-refractivity contribution in [3.8, 4) is 10.6 Å². The van der Waals surface area contributed by atoms with Crippen LogP contribution in [-0.2, 0) is 0 Å². The molecule has 8 heteroatoms. The number of amides is 1. The summed E-state index contributed by atoms with van der Waals surface area (Å²) < 4.78 is 0. The number of aromatic amines is 1. The number of benzene rings is 1. The molecule has 0 atom stereocenters. The van der Waals surface area contributed by atoms with E-state index in [0.29, 0.717) is 20.9 Å². The molecule has 6 nitrogen and oxygen atoms in total. The number of anilines is 1. The molecule has 0 saturated carbocycles. The molecule has 0 aliphatic carbocycles. The van der Waals surface area contributed by atoms with Crippen LogP contribution in [0.4, 0.5) is 5.13 Å². The molecule has 2 N–H and O–H groups in total. The summed E-state index contributed by atoms with van der Waals surface area (Å²) in [5.74, 6) is -0.534. The molecule has 0 aliphatic rings. The first-order chi connectivity index (χ1) is 11.0. The normalized spacial score (nSPS) is 10.5. The Morgan fingerprint density at radius 2 is 2.09 bits per heavy atom. The Morgan fingerprint density at radius 1 is 1.30 bits per heavy atom. The van der Waals surface area contributed by atoms with Crippen molar-refractivity contribution in [2.75, 3.05) is 5.32 Å². The van der Waals surface area contributed by atoms with E-state index < -0.39 is 5.91 Å². The number of aryl methyl sites for hydroxylation is 1. The Morgan fingerprint density at radius 3 is 2.83 bits per heavy atom. The molecule has 2 aromatic heterocycles. The second-order valence-corrected chi connectivity index (χ2v) is 6.13. The van der Waals surface area contributed by atoms with E-state index in [0.717, 1.165) is 5.56 Å². The first-order valence-electron chi connectivity index (χ1n) is 6.63. The zero-order valence-corrected chi connectivity index (χ0v) is 13.5. The third-order valence-corrected chi connectivity index (χ3v) is 4.25. The topological polar surface area (TPSA) is 87.7 Å². The Hall–Kier alpha value is -2.51. The summed E-state index contributed by atoms with van der Waals surface area (Å²) in [5, 5.41) is 11.9. The highest BCUT2D eigenvalue weighted by Gasteiger charge is 2.15. The number of aromatic nitrogens is 3. The van der Waals surface area contributed by atoms with Gasteiger partial charge in [0.2, 0.25) is 5.13 Å². The zero-order chi connectivity index (χ0) is 16.4. The number of pyridine rings is 1. The van der Waals surface area contributed by atoms with Crippen molar-refractivity contribution in [3.63, 3.8) is 0 Å². The van der Waals surface area contributed by atoms with Crippen LogP contribution in [0.5, 0.6) is 0 Å². The average Bonchev–Trinajstić information content (AvgIpc) is 2.95. The molecule has 3 rings (SSSR count). The summed E-state index contributed by atoms with van der Waals surface area (Å²) in [7, 11) is 0. The summed E-state index contributed by atoms with van der Waals surface area (Å²) in [6.45, 7) is 1.74. The number of carbonyl (C=O) groups is 1. The standard InChI is InChI=1S/C15H11ClN4O2S/c1-8-6-12(21)10(7-17-8)13(22)18-15-20-19-14(23-15)9-4-2-3-5-11(9)16/h2-7H,1H3,(H,17,21)(H,18,20,22). The molecule has 2 heterocycles. The Bertz CT molecular complexity index is 935. The van der Waals surface area contributed by atoms with Crippen molar-refractivity contribution in [2.24, 2.45) is 0 Å². The molecule has 116 valence electrons. The van der Waals surface area contributed by atoms with Crippen LogP contribution in [0, 0.1) is 6.92 Å². The fourth-order valence-electron chi connectivity index (χ4n) is 1.93. The van der Waals surface area contributed by atoms with Crippen LogP contribution < -0.4 is 10.7 Å². The van der Waals surface area contributed by atoms with Gasteiger partial charge < -0.3 is 4.98 Å². The van der Waals surface area contributed by atoms with E-state index >= 15 is 0 Å². The lowest BCUT2D eigenvalue weighted by Crippen LogP contribution is -2.21. The van der Waals surface area contributed by atoms with Gasteiger partial charge in [-0.2, -0.15) is 0 Å². The first-order valence-corrected chi connectivity index (χ1v) is 7.83. The fourth-order valence-corrected chi connectivity index (χ4v) is 2.99. The minimum Gasteiger partial charge on any atom is -0.364 e. The van der Waals surface area contributed by atoms with Crippen molar-refractivity contribution in [3.05, 3.63) is 63.0 Å². The molecular formula is C15H11ClN4O2S. The third-order valence-electron chi connectivity index (χ3n) is 3.05. The monoisotopic (exact) mass is 346 g/mol. The lowest BCUT2D eigenvalue weighted by molar-refractivity contribution is 0.102. The molecule has 23 heavy (non-hydrogen) atoms. The van der Waals surface area contributed by atoms with Gasteiger partial charge in [0.1, 0.15) is 5.56 Å². The number of carbonyl (C=O) groups excluding carboxylic acids is 1. The molecule has 1 amide bonds. The molecule has 0 fully saturated rings. The van der Waals surface area contributed by atoms with Crippen LogP contribution in [-0.4, -0.2) is 21.1 Å². The third kappa shape index (κ3) is 3.30. The second-order valence-electron chi connectivity index (χ2n) is 4.74. The van der Waals surface area contributed by atoms with Crippen LogP contribution in [0.3, 0.4) is 0 Å². The number of halogens is 1. The van der Waals surface area contributed by atoms with Crippen LogP contribution in [0.25, 0.3) is 10.6 Å². The van der Waals surface area contributed by atoms with Gasteiger partial charge in [-0.25, -0.2) is 0 Å². The molecule has 0 unspecified atom stereocenters. The predicted octanol–water partition coefficient (Wildman–Crippen LogP) is 3.11. The van der Waals surface area contributed by atoms with Gasteiger partial charge in [-0.05, 0) is 13.0 Å². The minimum atomic E-state index is -0.534. The predicted molar refractivity (Wildman–Crippen MR) is 90.1 cm³/mol. The van der Waals surface area contributed by atoms with Gasteiger partial charge >= 0.3 is 0 Å². The molecule has 0 aliphatic heterocycles. The van der Waals surface area contributed by atoms with Gasteiger partial charge in [0.05, 0.1) is 5.02 Å². The van der Waals surface area contributed by atoms with E-state index in [9.17, 15) is 9.59 Å². The van der Waals surface area contributed by atoms with Gasteiger partial charge in [0.25, 0.3) is 5.91 Å².